The minimum absolute atomic E-state index is 0.00822. The van der Waals surface area contributed by atoms with E-state index in [1.165, 1.54) is 36.8 Å². The minimum Gasteiger partial charge on any atom is -0.372 e. The molecule has 5 nitrogen and oxygen atoms in total. The predicted octanol–water partition coefficient (Wildman–Crippen LogP) is 4.29. The van der Waals surface area contributed by atoms with Crippen LogP contribution < -0.4 is 15.1 Å². The van der Waals surface area contributed by atoms with Crippen molar-refractivity contribution in [2.45, 2.75) is 40.0 Å². The van der Waals surface area contributed by atoms with Gasteiger partial charge >= 0.3 is 0 Å². The van der Waals surface area contributed by atoms with Gasteiger partial charge in [0.15, 0.2) is 0 Å². The zero-order valence-electron chi connectivity index (χ0n) is 17.0. The SMILES string of the molecule is CC(=O)N(CC(=O)Nc1ccc(N2CCCCC2)cc1)c1ccc(C)c(C)c1. The van der Waals surface area contributed by atoms with E-state index in [9.17, 15) is 9.59 Å². The van der Waals surface area contributed by atoms with Crippen LogP contribution in [0.1, 0.15) is 37.3 Å². The Labute approximate surface area is 167 Å². The Morgan fingerprint density at radius 2 is 1.64 bits per heavy atom. The number of nitrogens with one attached hydrogen (secondary N) is 1. The van der Waals surface area contributed by atoms with Crippen LogP contribution in [0, 0.1) is 13.8 Å². The van der Waals surface area contributed by atoms with Gasteiger partial charge in [-0.3, -0.25) is 9.59 Å². The molecule has 2 amide bonds. The summed E-state index contributed by atoms with van der Waals surface area (Å²) in [6.07, 6.45) is 3.77. The van der Waals surface area contributed by atoms with Gasteiger partial charge in [-0.1, -0.05) is 6.07 Å². The molecule has 28 heavy (non-hydrogen) atoms. The Kier molecular flexibility index (Phi) is 6.34. The minimum atomic E-state index is -0.209. The summed E-state index contributed by atoms with van der Waals surface area (Å²) >= 11 is 0. The molecule has 0 radical (unpaired) electrons. The third-order valence-electron chi connectivity index (χ3n) is 5.36. The van der Waals surface area contributed by atoms with Crippen LogP contribution in [0.15, 0.2) is 42.5 Å². The topological polar surface area (TPSA) is 52.7 Å². The molecule has 0 atom stereocenters. The van der Waals surface area contributed by atoms with Crippen molar-refractivity contribution in [1.82, 2.24) is 0 Å². The maximum absolute atomic E-state index is 12.5. The fraction of sp³-hybridized carbons (Fsp3) is 0.391. The lowest BCUT2D eigenvalue weighted by atomic mass is 10.1. The van der Waals surface area contributed by atoms with E-state index in [1.54, 1.807) is 0 Å². The Morgan fingerprint density at radius 1 is 0.964 bits per heavy atom. The number of amides is 2. The highest BCUT2D eigenvalue weighted by molar-refractivity contribution is 6.01. The predicted molar refractivity (Wildman–Crippen MR) is 115 cm³/mol. The summed E-state index contributed by atoms with van der Waals surface area (Å²) in [5, 5.41) is 2.90. The second-order valence-corrected chi connectivity index (χ2v) is 7.52. The second kappa shape index (κ2) is 8.91. The maximum atomic E-state index is 12.5. The number of benzene rings is 2. The largest absolute Gasteiger partial charge is 0.372 e. The molecule has 2 aromatic carbocycles. The first-order valence-electron chi connectivity index (χ1n) is 9.94. The van der Waals surface area contributed by atoms with E-state index in [-0.39, 0.29) is 18.4 Å². The van der Waals surface area contributed by atoms with Gasteiger partial charge < -0.3 is 15.1 Å². The van der Waals surface area contributed by atoms with Crippen LogP contribution in [-0.4, -0.2) is 31.4 Å². The van der Waals surface area contributed by atoms with Crippen LogP contribution in [0.3, 0.4) is 0 Å². The molecule has 5 heteroatoms. The van der Waals surface area contributed by atoms with Gasteiger partial charge in [0, 0.05) is 37.1 Å². The normalized spacial score (nSPS) is 13.9. The molecule has 1 aliphatic rings. The maximum Gasteiger partial charge on any atom is 0.244 e. The summed E-state index contributed by atoms with van der Waals surface area (Å²) in [5.41, 5.74) is 4.93. The van der Waals surface area contributed by atoms with E-state index in [0.717, 1.165) is 35.6 Å². The summed E-state index contributed by atoms with van der Waals surface area (Å²) in [7, 11) is 0. The summed E-state index contributed by atoms with van der Waals surface area (Å²) in [6.45, 7) is 7.69. The molecule has 1 N–H and O–H groups in total. The van der Waals surface area contributed by atoms with E-state index >= 15 is 0 Å². The molecule has 0 saturated carbocycles. The smallest absolute Gasteiger partial charge is 0.244 e. The molecule has 0 aromatic heterocycles. The highest BCUT2D eigenvalue weighted by atomic mass is 16.2. The monoisotopic (exact) mass is 379 g/mol. The molecule has 1 fully saturated rings. The van der Waals surface area contributed by atoms with Gasteiger partial charge in [0.1, 0.15) is 6.54 Å². The average Bonchev–Trinajstić information content (AvgIpc) is 2.69. The van der Waals surface area contributed by atoms with E-state index < -0.39 is 0 Å². The lowest BCUT2D eigenvalue weighted by Crippen LogP contribution is -2.36. The quantitative estimate of drug-likeness (QED) is 0.843. The van der Waals surface area contributed by atoms with Crippen LogP contribution >= 0.6 is 0 Å². The molecule has 1 aliphatic heterocycles. The molecule has 1 heterocycles. The van der Waals surface area contributed by atoms with E-state index in [2.05, 4.69) is 10.2 Å². The number of aryl methyl sites for hydroxylation is 2. The number of anilines is 3. The van der Waals surface area contributed by atoms with Crippen molar-refractivity contribution < 1.29 is 9.59 Å². The first-order chi connectivity index (χ1) is 13.4. The van der Waals surface area contributed by atoms with E-state index in [4.69, 9.17) is 0 Å². The standard InChI is InChI=1S/C23H29N3O2/c1-17-7-10-22(15-18(17)2)26(19(3)27)16-23(28)24-20-8-11-21(12-9-20)25-13-5-4-6-14-25/h7-12,15H,4-6,13-14,16H2,1-3H3,(H,24,28). The zero-order valence-corrected chi connectivity index (χ0v) is 17.0. The molecule has 148 valence electrons. The van der Waals surface area contributed by atoms with Crippen LogP contribution in [0.4, 0.5) is 17.1 Å². The van der Waals surface area contributed by atoms with Crippen molar-refractivity contribution in [2.75, 3.05) is 34.8 Å². The molecule has 2 aromatic rings. The van der Waals surface area contributed by atoms with Crippen LogP contribution in [0.25, 0.3) is 0 Å². The van der Waals surface area contributed by atoms with Gasteiger partial charge in [-0.15, -0.1) is 0 Å². The van der Waals surface area contributed by atoms with Gasteiger partial charge in [0.2, 0.25) is 11.8 Å². The number of carbonyl (C=O) groups excluding carboxylic acids is 2. The highest BCUT2D eigenvalue weighted by Gasteiger charge is 2.17. The lowest BCUT2D eigenvalue weighted by molar-refractivity contribution is -0.120. The van der Waals surface area contributed by atoms with Gasteiger partial charge in [0.25, 0.3) is 0 Å². The van der Waals surface area contributed by atoms with E-state index in [1.807, 2.05) is 56.3 Å². The number of piperidine rings is 1. The fourth-order valence-corrected chi connectivity index (χ4v) is 3.53. The average molecular weight is 380 g/mol. The second-order valence-electron chi connectivity index (χ2n) is 7.52. The first-order valence-corrected chi connectivity index (χ1v) is 9.94. The van der Waals surface area contributed by atoms with Gasteiger partial charge in [0.05, 0.1) is 0 Å². The van der Waals surface area contributed by atoms with Crippen molar-refractivity contribution in [3.05, 3.63) is 53.6 Å². The molecule has 0 bridgehead atoms. The van der Waals surface area contributed by atoms with Gasteiger partial charge in [-0.25, -0.2) is 0 Å². The molecule has 0 spiro atoms. The Morgan fingerprint density at radius 3 is 2.25 bits per heavy atom. The van der Waals surface area contributed by atoms with Crippen molar-refractivity contribution >= 4 is 28.9 Å². The zero-order chi connectivity index (χ0) is 20.1. The Bertz CT molecular complexity index is 839. The number of nitrogens with zero attached hydrogens (tertiary/aromatic N) is 2. The van der Waals surface area contributed by atoms with Crippen molar-refractivity contribution in [2.24, 2.45) is 0 Å². The number of hydrogen-bond acceptors (Lipinski definition) is 3. The first kappa shape index (κ1) is 19.9. The third-order valence-corrected chi connectivity index (χ3v) is 5.36. The summed E-state index contributed by atoms with van der Waals surface area (Å²) in [5.74, 6) is -0.363. The summed E-state index contributed by atoms with van der Waals surface area (Å²) in [4.78, 5) is 28.5. The highest BCUT2D eigenvalue weighted by Crippen LogP contribution is 2.22. The van der Waals surface area contributed by atoms with Crippen LogP contribution in [-0.2, 0) is 9.59 Å². The summed E-state index contributed by atoms with van der Waals surface area (Å²) < 4.78 is 0. The van der Waals surface area contributed by atoms with Crippen molar-refractivity contribution in [3.63, 3.8) is 0 Å². The van der Waals surface area contributed by atoms with E-state index in [0.29, 0.717) is 0 Å². The lowest BCUT2D eigenvalue weighted by Gasteiger charge is -2.28. The number of rotatable bonds is 5. The third kappa shape index (κ3) is 4.91. The van der Waals surface area contributed by atoms with Gasteiger partial charge in [-0.05, 0) is 80.6 Å². The molecule has 0 aliphatic carbocycles. The Balaban J connectivity index is 1.64. The van der Waals surface area contributed by atoms with Crippen LogP contribution in [0.5, 0.6) is 0 Å². The van der Waals surface area contributed by atoms with Crippen molar-refractivity contribution in [3.8, 4) is 0 Å². The number of carbonyl (C=O) groups is 2. The number of hydrogen-bond donors (Lipinski definition) is 1. The Hall–Kier alpha value is -2.82. The van der Waals surface area contributed by atoms with Crippen LogP contribution in [0.2, 0.25) is 0 Å². The molecular formula is C23H29N3O2. The van der Waals surface area contributed by atoms with Crippen molar-refractivity contribution in [1.29, 1.82) is 0 Å². The fourth-order valence-electron chi connectivity index (χ4n) is 3.53. The summed E-state index contributed by atoms with van der Waals surface area (Å²) in [6, 6.07) is 13.7. The molecular weight excluding hydrogens is 350 g/mol. The molecule has 0 unspecified atom stereocenters. The van der Waals surface area contributed by atoms with Gasteiger partial charge in [-0.2, -0.15) is 0 Å². The molecule has 3 rings (SSSR count). The molecule has 1 saturated heterocycles.